The molecule has 0 saturated heterocycles. The number of pyridine rings is 2. The van der Waals surface area contributed by atoms with Gasteiger partial charge >= 0.3 is 0 Å². The minimum Gasteiger partial charge on any atom is -0.248 e. The summed E-state index contributed by atoms with van der Waals surface area (Å²) in [4.78, 5) is 13.1. The molecule has 232 valence electrons. The highest BCUT2D eigenvalue weighted by atomic mass is 32.1. The Balaban J connectivity index is 1.22. The Hall–Kier alpha value is -6.16. The Morgan fingerprint density at radius 1 is 0.360 bits per heavy atom. The van der Waals surface area contributed by atoms with Crippen molar-refractivity contribution in [1.82, 2.24) is 9.97 Å². The van der Waals surface area contributed by atoms with E-state index in [9.17, 15) is 0 Å². The molecule has 0 aliphatic rings. The molecule has 0 radical (unpaired) electrons. The van der Waals surface area contributed by atoms with Crippen molar-refractivity contribution in [3.05, 3.63) is 168 Å². The van der Waals surface area contributed by atoms with Crippen LogP contribution >= 0.6 is 11.3 Å². The molecule has 3 heteroatoms. The number of nitrogens with zero attached hydrogens (tertiary/aromatic N) is 2. The van der Waals surface area contributed by atoms with Crippen LogP contribution in [0.25, 0.3) is 97.1 Å². The van der Waals surface area contributed by atoms with E-state index in [1.54, 1.807) is 0 Å². The fourth-order valence-electron chi connectivity index (χ4n) is 8.29. The predicted octanol–water partition coefficient (Wildman–Crippen LogP) is 13.0. The van der Waals surface area contributed by atoms with Crippen molar-refractivity contribution in [2.45, 2.75) is 6.42 Å². The molecule has 0 saturated carbocycles. The number of hydrogen-bond acceptors (Lipinski definition) is 3. The van der Waals surface area contributed by atoms with Gasteiger partial charge in [-0.15, -0.1) is 11.3 Å². The molecule has 0 aliphatic carbocycles. The van der Waals surface area contributed by atoms with Gasteiger partial charge in [0.1, 0.15) is 0 Å². The van der Waals surface area contributed by atoms with Gasteiger partial charge in [0, 0.05) is 43.3 Å². The lowest BCUT2D eigenvalue weighted by atomic mass is 9.92. The van der Waals surface area contributed by atoms with Crippen molar-refractivity contribution in [3.8, 4) is 10.4 Å². The van der Waals surface area contributed by atoms with Crippen molar-refractivity contribution in [2.75, 3.05) is 0 Å². The second-order valence-corrected chi connectivity index (χ2v) is 14.4. The van der Waals surface area contributed by atoms with Crippen LogP contribution in [-0.4, -0.2) is 9.97 Å². The summed E-state index contributed by atoms with van der Waals surface area (Å²) in [5.74, 6) is 0. The molecule has 11 aromatic rings. The molecular formula is C47H28N2S. The highest BCUT2D eigenvalue weighted by molar-refractivity contribution is 7.15. The van der Waals surface area contributed by atoms with Crippen molar-refractivity contribution in [3.63, 3.8) is 0 Å². The zero-order valence-electron chi connectivity index (χ0n) is 27.0. The second kappa shape index (κ2) is 10.7. The van der Waals surface area contributed by atoms with Crippen LogP contribution in [-0.2, 0) is 6.42 Å². The molecule has 2 nitrogen and oxygen atoms in total. The lowest BCUT2D eigenvalue weighted by Crippen LogP contribution is -1.95. The minimum absolute atomic E-state index is 0.810. The molecule has 0 aliphatic heterocycles. The third-order valence-corrected chi connectivity index (χ3v) is 11.6. The van der Waals surface area contributed by atoms with Gasteiger partial charge in [-0.25, -0.2) is 9.97 Å². The molecule has 3 heterocycles. The van der Waals surface area contributed by atoms with Gasteiger partial charge in [-0.3, -0.25) is 0 Å². The number of fused-ring (bicyclic) bond motifs is 12. The summed E-state index contributed by atoms with van der Waals surface area (Å²) < 4.78 is 0. The van der Waals surface area contributed by atoms with Crippen molar-refractivity contribution < 1.29 is 0 Å². The normalized spacial score (nSPS) is 12.1. The molecule has 0 spiro atoms. The van der Waals surface area contributed by atoms with Gasteiger partial charge in [0.25, 0.3) is 0 Å². The molecule has 0 N–H and O–H groups in total. The standard InChI is InChI=1S/C47H28N2S/c1-5-13-33-28(9-1)17-22-38-43(33)37(44-34-14-6-2-10-29(34)18-23-39(44)48-38)27-32-21-26-42(50-32)47-45-35-15-7-3-11-30(35)19-24-40(45)49-41-25-20-31-12-4-8-16-36(31)46(41)47/h1-26H,27H2. The Kier molecular flexibility index (Phi) is 5.92. The fraction of sp³-hybridized carbons (Fsp3) is 0.0213. The largest absolute Gasteiger partial charge is 0.248 e. The maximum absolute atomic E-state index is 5.26. The van der Waals surface area contributed by atoms with Crippen molar-refractivity contribution in [1.29, 1.82) is 0 Å². The Labute approximate surface area is 291 Å². The third kappa shape index (κ3) is 4.08. The summed E-state index contributed by atoms with van der Waals surface area (Å²) in [6, 6.07) is 57.2. The highest BCUT2D eigenvalue weighted by Crippen LogP contribution is 2.45. The van der Waals surface area contributed by atoms with Crippen LogP contribution in [0.4, 0.5) is 0 Å². The zero-order valence-corrected chi connectivity index (χ0v) is 27.8. The Bertz CT molecular complexity index is 3000. The molecule has 8 aromatic carbocycles. The fourth-order valence-corrected chi connectivity index (χ4v) is 9.36. The Morgan fingerprint density at radius 2 is 0.740 bits per heavy atom. The van der Waals surface area contributed by atoms with Crippen LogP contribution in [0.15, 0.2) is 158 Å². The molecule has 0 bridgehead atoms. The van der Waals surface area contributed by atoms with Gasteiger partial charge in [-0.2, -0.15) is 0 Å². The van der Waals surface area contributed by atoms with Gasteiger partial charge in [0.15, 0.2) is 0 Å². The Morgan fingerprint density at radius 3 is 1.18 bits per heavy atom. The van der Waals surface area contributed by atoms with Crippen molar-refractivity contribution in [2.24, 2.45) is 0 Å². The lowest BCUT2D eigenvalue weighted by Gasteiger charge is -2.15. The van der Waals surface area contributed by atoms with Crippen LogP contribution in [0.5, 0.6) is 0 Å². The van der Waals surface area contributed by atoms with Gasteiger partial charge in [-0.05, 0) is 85.1 Å². The number of aromatic nitrogens is 2. The first kappa shape index (κ1) is 27.8. The highest BCUT2D eigenvalue weighted by Gasteiger charge is 2.20. The van der Waals surface area contributed by atoms with E-state index in [0.717, 1.165) is 28.5 Å². The van der Waals surface area contributed by atoms with Crippen LogP contribution in [0.3, 0.4) is 0 Å². The molecule has 50 heavy (non-hydrogen) atoms. The average molecular weight is 653 g/mol. The molecule has 0 unspecified atom stereocenters. The van der Waals surface area contributed by atoms with Crippen LogP contribution in [0.1, 0.15) is 10.4 Å². The quantitative estimate of drug-likeness (QED) is 0.140. The lowest BCUT2D eigenvalue weighted by molar-refractivity contribution is 1.29. The smallest absolute Gasteiger partial charge is 0.0722 e. The number of rotatable bonds is 3. The molecule has 0 atom stereocenters. The molecule has 0 amide bonds. The summed E-state index contributed by atoms with van der Waals surface area (Å²) in [6.07, 6.45) is 0.810. The van der Waals surface area contributed by atoms with Crippen molar-refractivity contribution >= 4 is 98.0 Å². The maximum atomic E-state index is 5.26. The summed E-state index contributed by atoms with van der Waals surface area (Å²) in [5.41, 5.74) is 6.76. The van der Waals surface area contributed by atoms with E-state index in [1.807, 2.05) is 11.3 Å². The minimum atomic E-state index is 0.810. The van der Waals surface area contributed by atoms with E-state index < -0.39 is 0 Å². The van der Waals surface area contributed by atoms with Gasteiger partial charge in [0.05, 0.1) is 22.1 Å². The van der Waals surface area contributed by atoms with E-state index in [0.29, 0.717) is 0 Å². The van der Waals surface area contributed by atoms with E-state index >= 15 is 0 Å². The first-order valence-corrected chi connectivity index (χ1v) is 17.9. The molecule has 11 rings (SSSR count). The summed E-state index contributed by atoms with van der Waals surface area (Å²) in [7, 11) is 0. The third-order valence-electron chi connectivity index (χ3n) is 10.5. The van der Waals surface area contributed by atoms with Gasteiger partial charge in [0.2, 0.25) is 0 Å². The van der Waals surface area contributed by atoms with Gasteiger partial charge in [-0.1, -0.05) is 121 Å². The number of benzene rings is 8. The average Bonchev–Trinajstić information content (AvgIpc) is 3.64. The molecule has 3 aromatic heterocycles. The van der Waals surface area contributed by atoms with Crippen LogP contribution in [0.2, 0.25) is 0 Å². The topological polar surface area (TPSA) is 25.8 Å². The maximum Gasteiger partial charge on any atom is 0.0722 e. The molecule has 0 fully saturated rings. The van der Waals surface area contributed by atoms with Crippen LogP contribution in [0, 0.1) is 0 Å². The summed E-state index contributed by atoms with van der Waals surface area (Å²) in [6.45, 7) is 0. The van der Waals surface area contributed by atoms with Gasteiger partial charge < -0.3 is 0 Å². The van der Waals surface area contributed by atoms with E-state index in [4.69, 9.17) is 9.97 Å². The SMILES string of the molecule is c1ccc2c(c1)ccc1nc3ccc4ccccc4c3c(Cc3ccc(-c4c5c(ccc6ccccc65)nc5ccc6ccccc6c45)s3)c12. The van der Waals surface area contributed by atoms with E-state index in [-0.39, 0.29) is 0 Å². The predicted molar refractivity (Wildman–Crippen MR) is 215 cm³/mol. The van der Waals surface area contributed by atoms with E-state index in [2.05, 4.69) is 158 Å². The summed E-state index contributed by atoms with van der Waals surface area (Å²) in [5, 5.41) is 14.9. The zero-order chi connectivity index (χ0) is 32.8. The molecular weight excluding hydrogens is 625 g/mol. The number of thiophene rings is 1. The van der Waals surface area contributed by atoms with E-state index in [1.165, 1.54) is 85.5 Å². The number of hydrogen-bond donors (Lipinski definition) is 0. The first-order valence-electron chi connectivity index (χ1n) is 17.1. The monoisotopic (exact) mass is 652 g/mol. The first-order chi connectivity index (χ1) is 24.8. The summed E-state index contributed by atoms with van der Waals surface area (Å²) >= 11 is 1.91. The second-order valence-electron chi connectivity index (χ2n) is 13.2. The van der Waals surface area contributed by atoms with Crippen LogP contribution < -0.4 is 0 Å².